The van der Waals surface area contributed by atoms with Gasteiger partial charge < -0.3 is 14.2 Å². The SMILES string of the molecule is COc1cc(/C=C2\SC(=O)N(CCOc3cc(C)ccc3C)C2=O)cc(I)c1OC(=O)c1cccc(Cl)c1. The van der Waals surface area contributed by atoms with E-state index >= 15 is 0 Å². The first kappa shape index (κ1) is 28.0. The minimum atomic E-state index is -0.583. The lowest BCUT2D eigenvalue weighted by Gasteiger charge is -2.15. The lowest BCUT2D eigenvalue weighted by atomic mass is 10.1. The maximum absolute atomic E-state index is 13.0. The zero-order chi connectivity index (χ0) is 27.4. The van der Waals surface area contributed by atoms with Crippen LogP contribution < -0.4 is 14.2 Å². The number of ether oxygens (including phenoxy) is 3. The molecule has 0 aromatic heterocycles. The van der Waals surface area contributed by atoms with Crippen molar-refractivity contribution in [3.8, 4) is 17.2 Å². The summed E-state index contributed by atoms with van der Waals surface area (Å²) in [7, 11) is 1.45. The summed E-state index contributed by atoms with van der Waals surface area (Å²) in [6.45, 7) is 4.24. The molecule has 1 fully saturated rings. The standard InChI is InChI=1S/C28H23ClINO6S/c1-16-7-8-17(2)22(11-16)36-10-9-31-26(32)24(38-28(31)34)14-18-12-21(30)25(23(13-18)35-3)37-27(33)19-5-4-6-20(29)15-19/h4-8,11-15H,9-10H2,1-3H3/b24-14-. The molecule has 196 valence electrons. The molecule has 3 aromatic rings. The molecule has 3 aromatic carbocycles. The van der Waals surface area contributed by atoms with E-state index in [0.717, 1.165) is 28.6 Å². The summed E-state index contributed by atoms with van der Waals surface area (Å²) in [4.78, 5) is 39.6. The largest absolute Gasteiger partial charge is 0.493 e. The van der Waals surface area contributed by atoms with Crippen molar-refractivity contribution in [3.63, 3.8) is 0 Å². The molecule has 1 saturated heterocycles. The number of carbonyl (C=O) groups excluding carboxylic acids is 3. The molecule has 10 heteroatoms. The second kappa shape index (κ2) is 12.2. The van der Waals surface area contributed by atoms with Gasteiger partial charge in [0.15, 0.2) is 11.5 Å². The number of nitrogens with zero attached hydrogens (tertiary/aromatic N) is 1. The van der Waals surface area contributed by atoms with Crippen LogP contribution in [0.4, 0.5) is 4.79 Å². The second-order valence-electron chi connectivity index (χ2n) is 8.38. The van der Waals surface area contributed by atoms with Crippen molar-refractivity contribution in [2.75, 3.05) is 20.3 Å². The van der Waals surface area contributed by atoms with Gasteiger partial charge in [0.1, 0.15) is 12.4 Å². The van der Waals surface area contributed by atoms with Crippen molar-refractivity contribution in [3.05, 3.63) is 90.3 Å². The number of imide groups is 1. The zero-order valence-corrected chi connectivity index (χ0v) is 24.5. The van der Waals surface area contributed by atoms with Gasteiger partial charge in [0.25, 0.3) is 11.1 Å². The Kier molecular flexibility index (Phi) is 9.01. The average Bonchev–Trinajstić information content (AvgIpc) is 3.14. The van der Waals surface area contributed by atoms with Gasteiger partial charge >= 0.3 is 5.97 Å². The Labute approximate surface area is 243 Å². The molecule has 0 unspecified atom stereocenters. The third-order valence-corrected chi connectivity index (χ3v) is 7.54. The molecular formula is C28H23ClINO6S. The van der Waals surface area contributed by atoms with Crippen molar-refractivity contribution >= 4 is 69.1 Å². The summed E-state index contributed by atoms with van der Waals surface area (Å²) in [6.07, 6.45) is 1.61. The normalized spacial score (nSPS) is 14.2. The molecule has 0 bridgehead atoms. The highest BCUT2D eigenvalue weighted by molar-refractivity contribution is 14.1. The van der Waals surface area contributed by atoms with E-state index in [9.17, 15) is 14.4 Å². The molecule has 0 saturated carbocycles. The van der Waals surface area contributed by atoms with Crippen LogP contribution in [0.1, 0.15) is 27.0 Å². The van der Waals surface area contributed by atoms with Gasteiger partial charge in [-0.05, 0) is 107 Å². The first-order valence-corrected chi connectivity index (χ1v) is 13.7. The van der Waals surface area contributed by atoms with Crippen LogP contribution in [0.25, 0.3) is 6.08 Å². The van der Waals surface area contributed by atoms with E-state index in [4.69, 9.17) is 25.8 Å². The van der Waals surface area contributed by atoms with Crippen LogP contribution in [0, 0.1) is 17.4 Å². The molecular weight excluding hydrogens is 641 g/mol. The Hall–Kier alpha value is -3.02. The molecule has 38 heavy (non-hydrogen) atoms. The Morgan fingerprint density at radius 1 is 1.08 bits per heavy atom. The number of hydrogen-bond donors (Lipinski definition) is 0. The molecule has 1 aliphatic rings. The van der Waals surface area contributed by atoms with E-state index in [-0.39, 0.29) is 29.0 Å². The maximum atomic E-state index is 13.0. The Balaban J connectivity index is 1.47. The number of benzene rings is 3. The fraction of sp³-hybridized carbons (Fsp3) is 0.179. The number of hydrogen-bond acceptors (Lipinski definition) is 7. The number of carbonyl (C=O) groups is 3. The number of amides is 2. The Morgan fingerprint density at radius 2 is 1.87 bits per heavy atom. The summed E-state index contributed by atoms with van der Waals surface area (Å²) in [6, 6.07) is 15.7. The number of thioether (sulfide) groups is 1. The highest BCUT2D eigenvalue weighted by atomic mass is 127. The highest BCUT2D eigenvalue weighted by Gasteiger charge is 2.35. The molecule has 1 heterocycles. The van der Waals surface area contributed by atoms with Gasteiger partial charge in [0.05, 0.1) is 27.7 Å². The van der Waals surface area contributed by atoms with Gasteiger partial charge in [-0.25, -0.2) is 4.79 Å². The smallest absolute Gasteiger partial charge is 0.343 e. The third-order valence-electron chi connectivity index (χ3n) is 5.59. The summed E-state index contributed by atoms with van der Waals surface area (Å²) in [5.74, 6) is 0.299. The lowest BCUT2D eigenvalue weighted by molar-refractivity contribution is -0.123. The predicted molar refractivity (Wildman–Crippen MR) is 156 cm³/mol. The Bertz CT molecular complexity index is 1460. The second-order valence-corrected chi connectivity index (χ2v) is 11.0. The van der Waals surface area contributed by atoms with Gasteiger partial charge in [0.2, 0.25) is 0 Å². The van der Waals surface area contributed by atoms with Crippen LogP contribution in [0.15, 0.2) is 59.5 Å². The molecule has 4 rings (SSSR count). The molecule has 0 spiro atoms. The van der Waals surface area contributed by atoms with E-state index in [1.807, 2.05) is 54.6 Å². The predicted octanol–water partition coefficient (Wildman–Crippen LogP) is 6.90. The summed E-state index contributed by atoms with van der Waals surface area (Å²) >= 11 is 8.87. The molecule has 0 radical (unpaired) electrons. The molecule has 0 atom stereocenters. The van der Waals surface area contributed by atoms with Crippen LogP contribution in [-0.4, -0.2) is 42.3 Å². The minimum Gasteiger partial charge on any atom is -0.493 e. The van der Waals surface area contributed by atoms with Crippen LogP contribution in [0.3, 0.4) is 0 Å². The zero-order valence-electron chi connectivity index (χ0n) is 20.7. The number of rotatable bonds is 8. The van der Waals surface area contributed by atoms with E-state index in [1.54, 1.807) is 36.4 Å². The van der Waals surface area contributed by atoms with Crippen molar-refractivity contribution in [1.29, 1.82) is 0 Å². The Morgan fingerprint density at radius 3 is 2.61 bits per heavy atom. The number of aryl methyl sites for hydroxylation is 2. The lowest BCUT2D eigenvalue weighted by Crippen LogP contribution is -2.32. The van der Waals surface area contributed by atoms with Crippen molar-refractivity contribution in [1.82, 2.24) is 4.90 Å². The monoisotopic (exact) mass is 663 g/mol. The summed E-state index contributed by atoms with van der Waals surface area (Å²) in [5, 5.41) is 0.0572. The third kappa shape index (κ3) is 6.51. The molecule has 0 aliphatic carbocycles. The van der Waals surface area contributed by atoms with Crippen LogP contribution in [-0.2, 0) is 4.79 Å². The first-order valence-electron chi connectivity index (χ1n) is 11.5. The minimum absolute atomic E-state index is 0.134. The van der Waals surface area contributed by atoms with Gasteiger partial charge in [-0.3, -0.25) is 14.5 Å². The van der Waals surface area contributed by atoms with Crippen LogP contribution >= 0.6 is 46.0 Å². The number of halogens is 2. The fourth-order valence-electron chi connectivity index (χ4n) is 3.64. The summed E-state index contributed by atoms with van der Waals surface area (Å²) in [5.41, 5.74) is 2.96. The van der Waals surface area contributed by atoms with E-state index in [0.29, 0.717) is 25.5 Å². The van der Waals surface area contributed by atoms with Gasteiger partial charge in [-0.15, -0.1) is 0 Å². The molecule has 0 N–H and O–H groups in total. The number of methoxy groups -OCH3 is 1. The molecule has 1 aliphatic heterocycles. The van der Waals surface area contributed by atoms with Crippen molar-refractivity contribution in [2.45, 2.75) is 13.8 Å². The van der Waals surface area contributed by atoms with Gasteiger partial charge in [0, 0.05) is 5.02 Å². The van der Waals surface area contributed by atoms with Gasteiger partial charge in [-0.2, -0.15) is 0 Å². The molecule has 7 nitrogen and oxygen atoms in total. The maximum Gasteiger partial charge on any atom is 0.343 e. The van der Waals surface area contributed by atoms with Crippen LogP contribution in [0.2, 0.25) is 5.02 Å². The van der Waals surface area contributed by atoms with E-state index < -0.39 is 11.9 Å². The first-order chi connectivity index (χ1) is 18.2. The summed E-state index contributed by atoms with van der Waals surface area (Å²) < 4.78 is 17.4. The van der Waals surface area contributed by atoms with E-state index in [2.05, 4.69) is 0 Å². The fourth-order valence-corrected chi connectivity index (χ4v) is 5.43. The highest BCUT2D eigenvalue weighted by Crippen LogP contribution is 2.37. The van der Waals surface area contributed by atoms with Crippen LogP contribution in [0.5, 0.6) is 17.2 Å². The topological polar surface area (TPSA) is 82.1 Å². The average molecular weight is 664 g/mol. The van der Waals surface area contributed by atoms with E-state index in [1.165, 1.54) is 18.1 Å². The van der Waals surface area contributed by atoms with Crippen molar-refractivity contribution in [2.24, 2.45) is 0 Å². The number of esters is 1. The molecule has 2 amide bonds. The van der Waals surface area contributed by atoms with Crippen molar-refractivity contribution < 1.29 is 28.6 Å². The quantitative estimate of drug-likeness (QED) is 0.112. The van der Waals surface area contributed by atoms with Gasteiger partial charge in [-0.1, -0.05) is 29.8 Å².